The third-order valence-electron chi connectivity index (χ3n) is 4.00. The molecule has 0 aliphatic carbocycles. The third-order valence-corrected chi connectivity index (χ3v) is 5.03. The van der Waals surface area contributed by atoms with Gasteiger partial charge in [-0.3, -0.25) is 4.40 Å². The van der Waals surface area contributed by atoms with Crippen LogP contribution < -0.4 is 4.74 Å². The molecule has 0 aliphatic heterocycles. The normalized spacial score (nSPS) is 11.7. The van der Waals surface area contributed by atoms with Crippen LogP contribution in [-0.2, 0) is 0 Å². The maximum absolute atomic E-state index is 14.6. The van der Waals surface area contributed by atoms with E-state index < -0.39 is 5.95 Å². The molecule has 7 heteroatoms. The smallest absolute Gasteiger partial charge is 0.224 e. The molecule has 0 atom stereocenters. The quantitative estimate of drug-likeness (QED) is 0.400. The maximum Gasteiger partial charge on any atom is 0.224 e. The van der Waals surface area contributed by atoms with Crippen molar-refractivity contribution < 1.29 is 9.13 Å². The Balaban J connectivity index is 1.90. The summed E-state index contributed by atoms with van der Waals surface area (Å²) in [6, 6.07) is 5.57. The summed E-state index contributed by atoms with van der Waals surface area (Å²) in [5, 5.41) is 1.26. The minimum Gasteiger partial charge on any atom is -0.493 e. The second kappa shape index (κ2) is 6.64. The van der Waals surface area contributed by atoms with Crippen LogP contribution in [0.4, 0.5) is 4.39 Å². The second-order valence-corrected chi connectivity index (χ2v) is 7.83. The number of imidazole rings is 1. The summed E-state index contributed by atoms with van der Waals surface area (Å²) in [5.41, 5.74) is 2.34. The lowest BCUT2D eigenvalue weighted by Crippen LogP contribution is -1.99. The Bertz CT molecular complexity index is 1090. The van der Waals surface area contributed by atoms with E-state index in [0.29, 0.717) is 34.4 Å². The fraction of sp³-hybridized carbons (Fsp3) is 0.263. The zero-order chi connectivity index (χ0) is 18.3. The van der Waals surface area contributed by atoms with Crippen LogP contribution in [0.25, 0.3) is 27.9 Å². The minimum atomic E-state index is -0.520. The predicted octanol–water partition coefficient (Wildman–Crippen LogP) is 4.92. The van der Waals surface area contributed by atoms with Crippen LogP contribution in [0.5, 0.6) is 5.75 Å². The summed E-state index contributed by atoms with van der Waals surface area (Å²) < 4.78 is 22.3. The second-order valence-electron chi connectivity index (χ2n) is 6.22. The molecule has 4 aromatic heterocycles. The lowest BCUT2D eigenvalue weighted by atomic mass is 10.2. The number of nitrogens with zero attached hydrogens (tertiary/aromatic N) is 3. The Morgan fingerprint density at radius 1 is 1.35 bits per heavy atom. The van der Waals surface area contributed by atoms with Crippen molar-refractivity contribution in [2.45, 2.75) is 30.9 Å². The number of aromatic nitrogens is 4. The van der Waals surface area contributed by atoms with Crippen LogP contribution >= 0.6 is 11.8 Å². The molecule has 0 unspecified atom stereocenters. The van der Waals surface area contributed by atoms with Crippen molar-refractivity contribution in [1.82, 2.24) is 19.4 Å². The first-order chi connectivity index (χ1) is 12.6. The lowest BCUT2D eigenvalue weighted by Gasteiger charge is -2.13. The summed E-state index contributed by atoms with van der Waals surface area (Å²) in [4.78, 5) is 12.4. The number of nitrogens with one attached hydrogen (secondary N) is 1. The van der Waals surface area contributed by atoms with E-state index in [1.54, 1.807) is 30.2 Å². The number of aromatic amines is 1. The van der Waals surface area contributed by atoms with E-state index in [1.165, 1.54) is 0 Å². The first-order valence-corrected chi connectivity index (χ1v) is 9.39. The van der Waals surface area contributed by atoms with Gasteiger partial charge in [-0.2, -0.15) is 4.39 Å². The van der Waals surface area contributed by atoms with Crippen molar-refractivity contribution in [2.75, 3.05) is 6.61 Å². The van der Waals surface area contributed by atoms with Gasteiger partial charge in [0.05, 0.1) is 29.0 Å². The Hall–Kier alpha value is -2.54. The number of halogens is 1. The van der Waals surface area contributed by atoms with E-state index in [1.807, 2.05) is 29.7 Å². The SMILES string of the molecule is CCOc1cc2ncc(-c3cc4cc[nH]c4nc3F)n2cc1SC(C)C. The van der Waals surface area contributed by atoms with Crippen molar-refractivity contribution in [3.63, 3.8) is 0 Å². The first-order valence-electron chi connectivity index (χ1n) is 8.51. The highest BCUT2D eigenvalue weighted by atomic mass is 32.2. The average molecular weight is 370 g/mol. The topological polar surface area (TPSA) is 55.2 Å². The van der Waals surface area contributed by atoms with Crippen molar-refractivity contribution >= 4 is 28.4 Å². The Labute approximate surface area is 154 Å². The van der Waals surface area contributed by atoms with E-state index in [0.717, 1.165) is 16.0 Å². The fourth-order valence-corrected chi connectivity index (χ4v) is 3.84. The van der Waals surface area contributed by atoms with Crippen LogP contribution in [0.2, 0.25) is 0 Å². The van der Waals surface area contributed by atoms with Gasteiger partial charge in [-0.15, -0.1) is 11.8 Å². The van der Waals surface area contributed by atoms with Gasteiger partial charge < -0.3 is 9.72 Å². The van der Waals surface area contributed by atoms with E-state index in [-0.39, 0.29) is 0 Å². The Morgan fingerprint density at radius 3 is 2.96 bits per heavy atom. The summed E-state index contributed by atoms with van der Waals surface area (Å²) in [7, 11) is 0. The number of H-pyrrole nitrogens is 1. The van der Waals surface area contributed by atoms with Crippen molar-refractivity contribution in [2.24, 2.45) is 0 Å². The van der Waals surface area contributed by atoms with Gasteiger partial charge in [0.25, 0.3) is 0 Å². The van der Waals surface area contributed by atoms with E-state index in [4.69, 9.17) is 4.74 Å². The molecule has 0 spiro atoms. The molecular weight excluding hydrogens is 351 g/mol. The molecule has 4 heterocycles. The molecule has 5 nitrogen and oxygen atoms in total. The number of rotatable bonds is 5. The largest absolute Gasteiger partial charge is 0.493 e. The van der Waals surface area contributed by atoms with Gasteiger partial charge in [-0.25, -0.2) is 9.97 Å². The standard InChI is InChI=1S/C19H19FN4OS/c1-4-25-15-8-17-22-9-14(24(17)10-16(15)26-11(2)3)13-7-12-5-6-21-19(12)23-18(13)20/h5-11H,4H2,1-3H3,(H,21,23). The summed E-state index contributed by atoms with van der Waals surface area (Å²) in [6.07, 6.45) is 5.39. The van der Waals surface area contributed by atoms with Gasteiger partial charge in [0, 0.05) is 29.1 Å². The van der Waals surface area contributed by atoms with Crippen LogP contribution in [0.3, 0.4) is 0 Å². The number of fused-ring (bicyclic) bond motifs is 2. The molecule has 4 rings (SSSR count). The van der Waals surface area contributed by atoms with Gasteiger partial charge in [-0.05, 0) is 19.1 Å². The zero-order valence-electron chi connectivity index (χ0n) is 14.8. The monoisotopic (exact) mass is 370 g/mol. The molecular formula is C19H19FN4OS. The number of hydrogen-bond acceptors (Lipinski definition) is 4. The molecule has 134 valence electrons. The highest BCUT2D eigenvalue weighted by Gasteiger charge is 2.17. The van der Waals surface area contributed by atoms with Crippen LogP contribution in [0.15, 0.2) is 41.7 Å². The third kappa shape index (κ3) is 2.92. The maximum atomic E-state index is 14.6. The zero-order valence-corrected chi connectivity index (χ0v) is 15.6. The summed E-state index contributed by atoms with van der Waals surface area (Å²) >= 11 is 1.71. The Kier molecular flexibility index (Phi) is 4.32. The van der Waals surface area contributed by atoms with Gasteiger partial charge in [0.2, 0.25) is 5.95 Å². The highest BCUT2D eigenvalue weighted by Crippen LogP contribution is 2.35. The van der Waals surface area contributed by atoms with Gasteiger partial charge in [0.15, 0.2) is 0 Å². The van der Waals surface area contributed by atoms with Crippen molar-refractivity contribution in [1.29, 1.82) is 0 Å². The van der Waals surface area contributed by atoms with Crippen molar-refractivity contribution in [3.8, 4) is 17.0 Å². The molecule has 0 amide bonds. The minimum absolute atomic E-state index is 0.397. The van der Waals surface area contributed by atoms with E-state index >= 15 is 0 Å². The predicted molar refractivity (Wildman–Crippen MR) is 102 cm³/mol. The number of hydrogen-bond donors (Lipinski definition) is 1. The average Bonchev–Trinajstić information content (AvgIpc) is 3.20. The van der Waals surface area contributed by atoms with Crippen LogP contribution in [0, 0.1) is 5.95 Å². The van der Waals surface area contributed by atoms with Crippen LogP contribution in [0.1, 0.15) is 20.8 Å². The molecule has 0 saturated carbocycles. The molecule has 4 aromatic rings. The number of ether oxygens (including phenoxy) is 1. The van der Waals surface area contributed by atoms with Gasteiger partial charge >= 0.3 is 0 Å². The van der Waals surface area contributed by atoms with Gasteiger partial charge in [-0.1, -0.05) is 13.8 Å². The number of thioether (sulfide) groups is 1. The highest BCUT2D eigenvalue weighted by molar-refractivity contribution is 8.00. The molecule has 0 fully saturated rings. The lowest BCUT2D eigenvalue weighted by molar-refractivity contribution is 0.332. The molecule has 0 bridgehead atoms. The molecule has 0 radical (unpaired) electrons. The Morgan fingerprint density at radius 2 is 2.19 bits per heavy atom. The molecule has 1 N–H and O–H groups in total. The van der Waals surface area contributed by atoms with E-state index in [2.05, 4.69) is 28.8 Å². The number of pyridine rings is 2. The van der Waals surface area contributed by atoms with E-state index in [9.17, 15) is 4.39 Å². The molecule has 0 saturated heterocycles. The first kappa shape index (κ1) is 16.9. The summed E-state index contributed by atoms with van der Waals surface area (Å²) in [6.45, 7) is 6.79. The van der Waals surface area contributed by atoms with Crippen molar-refractivity contribution in [3.05, 3.63) is 42.7 Å². The molecule has 0 aliphatic rings. The fourth-order valence-electron chi connectivity index (χ4n) is 2.94. The van der Waals surface area contributed by atoms with Crippen LogP contribution in [-0.4, -0.2) is 31.2 Å². The summed E-state index contributed by atoms with van der Waals surface area (Å²) in [5.74, 6) is 0.282. The van der Waals surface area contributed by atoms with Gasteiger partial charge in [0.1, 0.15) is 17.0 Å². The molecule has 0 aromatic carbocycles. The molecule has 26 heavy (non-hydrogen) atoms.